The lowest BCUT2D eigenvalue weighted by molar-refractivity contribution is -0.383. The Morgan fingerprint density at radius 3 is 2.54 bits per heavy atom. The normalized spacial score (nSPS) is 15.3. The van der Waals surface area contributed by atoms with Crippen molar-refractivity contribution in [3.8, 4) is 0 Å². The maximum Gasteiger partial charge on any atom is 0.353 e. The van der Waals surface area contributed by atoms with Crippen LogP contribution >= 0.6 is 11.6 Å². The standard InChI is InChI=1S/C16H18ClN5O2/c1-11-6-8-21(9-7-11)16-14(22(23)24)15(18-10-19-16)20-13-4-2-12(17)3-5-13/h2-5,10-11H,6-9H2,1H3,(H,18,19,20). The Hall–Kier alpha value is -2.41. The van der Waals surface area contributed by atoms with E-state index in [2.05, 4.69) is 22.2 Å². The van der Waals surface area contributed by atoms with Gasteiger partial charge in [-0.2, -0.15) is 0 Å². The molecule has 0 unspecified atom stereocenters. The average molecular weight is 348 g/mol. The molecule has 0 amide bonds. The van der Waals surface area contributed by atoms with Gasteiger partial charge in [-0.15, -0.1) is 0 Å². The molecule has 0 radical (unpaired) electrons. The zero-order valence-corrected chi connectivity index (χ0v) is 14.0. The van der Waals surface area contributed by atoms with Crippen molar-refractivity contribution in [2.75, 3.05) is 23.3 Å². The summed E-state index contributed by atoms with van der Waals surface area (Å²) >= 11 is 5.87. The largest absolute Gasteiger partial charge is 0.353 e. The molecule has 1 aliphatic heterocycles. The summed E-state index contributed by atoms with van der Waals surface area (Å²) in [7, 11) is 0. The van der Waals surface area contributed by atoms with Gasteiger partial charge in [0.2, 0.25) is 11.6 Å². The minimum Gasteiger partial charge on any atom is -0.351 e. The summed E-state index contributed by atoms with van der Waals surface area (Å²) in [4.78, 5) is 21.4. The maximum atomic E-state index is 11.6. The molecule has 1 saturated heterocycles. The van der Waals surface area contributed by atoms with E-state index in [0.29, 0.717) is 22.4 Å². The van der Waals surface area contributed by atoms with Crippen LogP contribution in [-0.2, 0) is 0 Å². The molecule has 7 nitrogen and oxygen atoms in total. The third-order valence-corrected chi connectivity index (χ3v) is 4.43. The molecule has 0 atom stereocenters. The minimum atomic E-state index is -0.425. The number of nitrogens with zero attached hydrogens (tertiary/aromatic N) is 4. The second kappa shape index (κ2) is 7.00. The number of aromatic nitrogens is 2. The lowest BCUT2D eigenvalue weighted by atomic mass is 9.99. The Balaban J connectivity index is 1.93. The fraction of sp³-hybridized carbons (Fsp3) is 0.375. The Labute approximate surface area is 144 Å². The van der Waals surface area contributed by atoms with Crippen LogP contribution < -0.4 is 10.2 Å². The number of piperidine rings is 1. The molecule has 1 aromatic heterocycles. The molecular formula is C16H18ClN5O2. The highest BCUT2D eigenvalue weighted by molar-refractivity contribution is 6.30. The number of benzene rings is 1. The molecule has 0 bridgehead atoms. The summed E-state index contributed by atoms with van der Waals surface area (Å²) in [5, 5.41) is 15.2. The van der Waals surface area contributed by atoms with Gasteiger partial charge in [-0.25, -0.2) is 9.97 Å². The Morgan fingerprint density at radius 2 is 1.92 bits per heavy atom. The molecular weight excluding hydrogens is 330 g/mol. The van der Waals surface area contributed by atoms with Gasteiger partial charge in [0.1, 0.15) is 6.33 Å². The molecule has 0 saturated carbocycles. The molecule has 8 heteroatoms. The van der Waals surface area contributed by atoms with Crippen LogP contribution in [0.3, 0.4) is 0 Å². The van der Waals surface area contributed by atoms with Crippen LogP contribution in [0.2, 0.25) is 5.02 Å². The van der Waals surface area contributed by atoms with Gasteiger partial charge in [0.15, 0.2) is 0 Å². The van der Waals surface area contributed by atoms with Crippen LogP contribution in [0.15, 0.2) is 30.6 Å². The summed E-state index contributed by atoms with van der Waals surface area (Å²) in [6, 6.07) is 6.92. The SMILES string of the molecule is CC1CCN(c2ncnc(Nc3ccc(Cl)cc3)c2[N+](=O)[O-])CC1. The number of nitro groups is 1. The van der Waals surface area contributed by atoms with Gasteiger partial charge in [-0.05, 0) is 43.0 Å². The number of rotatable bonds is 4. The average Bonchev–Trinajstić information content (AvgIpc) is 2.57. The predicted octanol–water partition coefficient (Wildman–Crippen LogP) is 4.02. The van der Waals surface area contributed by atoms with Gasteiger partial charge in [-0.1, -0.05) is 18.5 Å². The van der Waals surface area contributed by atoms with Gasteiger partial charge in [0.25, 0.3) is 0 Å². The number of hydrogen-bond donors (Lipinski definition) is 1. The van der Waals surface area contributed by atoms with Crippen LogP contribution in [0.5, 0.6) is 0 Å². The molecule has 1 aliphatic rings. The van der Waals surface area contributed by atoms with Crippen molar-refractivity contribution in [3.05, 3.63) is 45.7 Å². The number of nitrogens with one attached hydrogen (secondary N) is 1. The van der Waals surface area contributed by atoms with E-state index in [1.807, 2.05) is 4.90 Å². The first kappa shape index (κ1) is 16.4. The van der Waals surface area contributed by atoms with E-state index in [1.54, 1.807) is 24.3 Å². The monoisotopic (exact) mass is 347 g/mol. The zero-order valence-electron chi connectivity index (χ0n) is 13.3. The van der Waals surface area contributed by atoms with Crippen molar-refractivity contribution < 1.29 is 4.92 Å². The highest BCUT2D eigenvalue weighted by Gasteiger charge is 2.29. The molecule has 1 fully saturated rings. The van der Waals surface area contributed by atoms with E-state index in [9.17, 15) is 10.1 Å². The Kier molecular flexibility index (Phi) is 4.80. The highest BCUT2D eigenvalue weighted by Crippen LogP contribution is 2.35. The van der Waals surface area contributed by atoms with E-state index in [0.717, 1.165) is 25.9 Å². The van der Waals surface area contributed by atoms with E-state index in [1.165, 1.54) is 6.33 Å². The summed E-state index contributed by atoms with van der Waals surface area (Å²) in [6.07, 6.45) is 3.36. The second-order valence-corrected chi connectivity index (χ2v) is 6.39. The first-order chi connectivity index (χ1) is 11.5. The molecule has 1 aromatic carbocycles. The third kappa shape index (κ3) is 3.56. The number of hydrogen-bond acceptors (Lipinski definition) is 6. The molecule has 2 heterocycles. The van der Waals surface area contributed by atoms with Crippen molar-refractivity contribution in [3.63, 3.8) is 0 Å². The summed E-state index contributed by atoms with van der Waals surface area (Å²) < 4.78 is 0. The molecule has 126 valence electrons. The lowest BCUT2D eigenvalue weighted by Crippen LogP contribution is -2.34. The minimum absolute atomic E-state index is 0.0954. The van der Waals surface area contributed by atoms with E-state index >= 15 is 0 Å². The summed E-state index contributed by atoms with van der Waals surface area (Å²) in [6.45, 7) is 3.72. The quantitative estimate of drug-likeness (QED) is 0.664. The molecule has 0 aliphatic carbocycles. The van der Waals surface area contributed by atoms with Crippen molar-refractivity contribution >= 4 is 34.6 Å². The van der Waals surface area contributed by atoms with E-state index < -0.39 is 4.92 Å². The highest BCUT2D eigenvalue weighted by atomic mass is 35.5. The zero-order chi connectivity index (χ0) is 17.1. The van der Waals surface area contributed by atoms with Gasteiger partial charge in [-0.3, -0.25) is 10.1 Å². The van der Waals surface area contributed by atoms with Gasteiger partial charge in [0, 0.05) is 23.8 Å². The van der Waals surface area contributed by atoms with E-state index in [-0.39, 0.29) is 11.5 Å². The molecule has 24 heavy (non-hydrogen) atoms. The summed E-state index contributed by atoms with van der Waals surface area (Å²) in [5.41, 5.74) is 0.585. The summed E-state index contributed by atoms with van der Waals surface area (Å²) in [5.74, 6) is 1.19. The van der Waals surface area contributed by atoms with Gasteiger partial charge >= 0.3 is 5.69 Å². The molecule has 3 rings (SSSR count). The Bertz CT molecular complexity index is 730. The molecule has 1 N–H and O–H groups in total. The maximum absolute atomic E-state index is 11.6. The lowest BCUT2D eigenvalue weighted by Gasteiger charge is -2.30. The van der Waals surface area contributed by atoms with Crippen molar-refractivity contribution in [2.24, 2.45) is 5.92 Å². The third-order valence-electron chi connectivity index (χ3n) is 4.18. The van der Waals surface area contributed by atoms with Gasteiger partial charge < -0.3 is 10.2 Å². The predicted molar refractivity (Wildman–Crippen MR) is 94.0 cm³/mol. The number of halogens is 1. The van der Waals surface area contributed by atoms with Gasteiger partial charge in [0.05, 0.1) is 4.92 Å². The van der Waals surface area contributed by atoms with Crippen LogP contribution in [-0.4, -0.2) is 28.0 Å². The fourth-order valence-corrected chi connectivity index (χ4v) is 2.88. The smallest absolute Gasteiger partial charge is 0.351 e. The van der Waals surface area contributed by atoms with Crippen molar-refractivity contribution in [1.82, 2.24) is 9.97 Å². The van der Waals surface area contributed by atoms with Crippen LogP contribution in [0.25, 0.3) is 0 Å². The second-order valence-electron chi connectivity index (χ2n) is 5.95. The van der Waals surface area contributed by atoms with Crippen LogP contribution in [0.4, 0.5) is 23.0 Å². The first-order valence-corrected chi connectivity index (χ1v) is 8.19. The Morgan fingerprint density at radius 1 is 1.25 bits per heavy atom. The number of anilines is 3. The topological polar surface area (TPSA) is 84.2 Å². The molecule has 0 spiro atoms. The van der Waals surface area contributed by atoms with E-state index in [4.69, 9.17) is 11.6 Å². The van der Waals surface area contributed by atoms with Crippen molar-refractivity contribution in [1.29, 1.82) is 0 Å². The van der Waals surface area contributed by atoms with Crippen LogP contribution in [0.1, 0.15) is 19.8 Å². The van der Waals surface area contributed by atoms with Crippen LogP contribution in [0, 0.1) is 16.0 Å². The first-order valence-electron chi connectivity index (χ1n) is 7.81. The molecule has 2 aromatic rings. The fourth-order valence-electron chi connectivity index (χ4n) is 2.75. The van der Waals surface area contributed by atoms with Crippen molar-refractivity contribution in [2.45, 2.75) is 19.8 Å².